The van der Waals surface area contributed by atoms with Gasteiger partial charge in [0.25, 0.3) is 0 Å². The molecule has 0 nitrogen and oxygen atoms in total. The summed E-state index contributed by atoms with van der Waals surface area (Å²) in [5, 5.41) is 0. The Morgan fingerprint density at radius 1 is 0.882 bits per heavy atom. The van der Waals surface area contributed by atoms with E-state index in [1.165, 1.54) is 56.9 Å². The minimum Gasteiger partial charge on any atom is -0.0590 e. The van der Waals surface area contributed by atoms with Gasteiger partial charge in [-0.1, -0.05) is 55.9 Å². The summed E-state index contributed by atoms with van der Waals surface area (Å²) < 4.78 is 0. The predicted octanol–water partition coefficient (Wildman–Crippen LogP) is 4.68. The van der Waals surface area contributed by atoms with E-state index in [0.29, 0.717) is 0 Å². The van der Waals surface area contributed by atoms with E-state index in [1.54, 1.807) is 11.1 Å². The van der Waals surface area contributed by atoms with Crippen molar-refractivity contribution in [1.29, 1.82) is 0 Å². The van der Waals surface area contributed by atoms with Crippen molar-refractivity contribution in [2.45, 2.75) is 58.3 Å². The molecule has 0 amide bonds. The molecule has 0 bridgehead atoms. The van der Waals surface area contributed by atoms with E-state index in [4.69, 9.17) is 0 Å². The second-order valence-electron chi connectivity index (χ2n) is 6.17. The van der Waals surface area contributed by atoms with E-state index in [2.05, 4.69) is 25.1 Å². The van der Waals surface area contributed by atoms with Crippen LogP contribution in [0.1, 0.15) is 55.2 Å². The molecule has 1 atom stereocenters. The lowest BCUT2D eigenvalue weighted by Gasteiger charge is -2.34. The number of rotatable bonds is 1. The van der Waals surface area contributed by atoms with Crippen molar-refractivity contribution in [2.24, 2.45) is 11.8 Å². The highest BCUT2D eigenvalue weighted by Gasteiger charge is 2.27. The van der Waals surface area contributed by atoms with Gasteiger partial charge in [0.05, 0.1) is 0 Å². The smallest absolute Gasteiger partial charge is 0.0245 e. The molecule has 17 heavy (non-hydrogen) atoms. The van der Waals surface area contributed by atoms with Gasteiger partial charge >= 0.3 is 0 Å². The highest BCUT2D eigenvalue weighted by atomic mass is 14.3. The molecular formula is C17H24. The zero-order valence-corrected chi connectivity index (χ0v) is 11.0. The van der Waals surface area contributed by atoms with Crippen molar-refractivity contribution < 1.29 is 0 Å². The summed E-state index contributed by atoms with van der Waals surface area (Å²) in [6.07, 6.45) is 11.6. The predicted molar refractivity (Wildman–Crippen MR) is 73.3 cm³/mol. The lowest BCUT2D eigenvalue weighted by molar-refractivity contribution is 0.228. The highest BCUT2D eigenvalue weighted by Crippen LogP contribution is 2.37. The zero-order valence-electron chi connectivity index (χ0n) is 11.0. The Bertz CT molecular complexity index is 385. The van der Waals surface area contributed by atoms with Gasteiger partial charge in [-0.05, 0) is 49.1 Å². The quantitative estimate of drug-likeness (QED) is 0.654. The van der Waals surface area contributed by atoms with E-state index in [0.717, 1.165) is 11.8 Å². The fourth-order valence-electron chi connectivity index (χ4n) is 3.92. The maximum absolute atomic E-state index is 2.43. The molecule has 0 aromatic heterocycles. The van der Waals surface area contributed by atoms with E-state index < -0.39 is 0 Å². The first kappa shape index (κ1) is 11.3. The summed E-state index contributed by atoms with van der Waals surface area (Å²) in [5.74, 6) is 2.03. The van der Waals surface area contributed by atoms with Crippen molar-refractivity contribution in [3.8, 4) is 0 Å². The molecule has 0 radical (unpaired) electrons. The summed E-state index contributed by atoms with van der Waals surface area (Å²) in [7, 11) is 0. The first-order valence-electron chi connectivity index (χ1n) is 7.41. The number of hydrogen-bond acceptors (Lipinski definition) is 0. The van der Waals surface area contributed by atoms with Gasteiger partial charge in [0, 0.05) is 0 Å². The van der Waals surface area contributed by atoms with E-state index >= 15 is 0 Å². The highest BCUT2D eigenvalue weighted by molar-refractivity contribution is 5.33. The van der Waals surface area contributed by atoms with Crippen molar-refractivity contribution >= 4 is 0 Å². The van der Waals surface area contributed by atoms with Crippen molar-refractivity contribution in [2.75, 3.05) is 0 Å². The van der Waals surface area contributed by atoms with Crippen LogP contribution in [0.2, 0.25) is 0 Å². The van der Waals surface area contributed by atoms with Crippen LogP contribution >= 0.6 is 0 Å². The molecule has 0 aliphatic heterocycles. The molecule has 2 aliphatic carbocycles. The lowest BCUT2D eigenvalue weighted by Crippen LogP contribution is -2.24. The summed E-state index contributed by atoms with van der Waals surface area (Å²) in [5.41, 5.74) is 4.72. The molecule has 0 heterocycles. The third-order valence-corrected chi connectivity index (χ3v) is 4.94. The first-order valence-corrected chi connectivity index (χ1v) is 7.41. The minimum absolute atomic E-state index is 0.990. The topological polar surface area (TPSA) is 0 Å². The van der Waals surface area contributed by atoms with Crippen LogP contribution in [-0.4, -0.2) is 0 Å². The van der Waals surface area contributed by atoms with Crippen LogP contribution in [0.15, 0.2) is 18.2 Å². The number of hydrogen-bond donors (Lipinski definition) is 0. The van der Waals surface area contributed by atoms with Gasteiger partial charge in [-0.2, -0.15) is 0 Å². The van der Waals surface area contributed by atoms with Gasteiger partial charge in [0.15, 0.2) is 0 Å². The normalized spacial score (nSPS) is 25.6. The summed E-state index contributed by atoms with van der Waals surface area (Å²) in [4.78, 5) is 0. The Morgan fingerprint density at radius 2 is 1.71 bits per heavy atom. The van der Waals surface area contributed by atoms with Gasteiger partial charge < -0.3 is 0 Å². The maximum atomic E-state index is 2.43. The molecular weight excluding hydrogens is 204 g/mol. The molecule has 0 saturated heterocycles. The minimum atomic E-state index is 0.990. The monoisotopic (exact) mass is 228 g/mol. The molecule has 1 unspecified atom stereocenters. The number of aryl methyl sites for hydroxylation is 2. The Labute approximate surface area is 105 Å². The average Bonchev–Trinajstić information content (AvgIpc) is 2.39. The van der Waals surface area contributed by atoms with Crippen LogP contribution in [0, 0.1) is 18.8 Å². The molecule has 1 fully saturated rings. The van der Waals surface area contributed by atoms with Crippen LogP contribution < -0.4 is 0 Å². The van der Waals surface area contributed by atoms with Gasteiger partial charge in [0.2, 0.25) is 0 Å². The molecule has 1 aromatic rings. The zero-order chi connectivity index (χ0) is 11.7. The molecule has 0 N–H and O–H groups in total. The molecule has 1 aromatic carbocycles. The van der Waals surface area contributed by atoms with Crippen LogP contribution in [0.5, 0.6) is 0 Å². The van der Waals surface area contributed by atoms with E-state index in [9.17, 15) is 0 Å². The Kier molecular flexibility index (Phi) is 3.22. The van der Waals surface area contributed by atoms with Crippen LogP contribution in [0.4, 0.5) is 0 Å². The average molecular weight is 228 g/mol. The van der Waals surface area contributed by atoms with Crippen molar-refractivity contribution in [3.05, 3.63) is 34.9 Å². The largest absolute Gasteiger partial charge is 0.0590 e. The fraction of sp³-hybridized carbons (Fsp3) is 0.647. The van der Waals surface area contributed by atoms with Crippen molar-refractivity contribution in [1.82, 2.24) is 0 Å². The van der Waals surface area contributed by atoms with Gasteiger partial charge in [-0.15, -0.1) is 0 Å². The van der Waals surface area contributed by atoms with Crippen LogP contribution in [0.25, 0.3) is 0 Å². The number of fused-ring (bicyclic) bond motifs is 1. The lowest BCUT2D eigenvalue weighted by atomic mass is 9.71. The molecule has 3 rings (SSSR count). The summed E-state index contributed by atoms with van der Waals surface area (Å²) in [6, 6.07) is 7.08. The summed E-state index contributed by atoms with van der Waals surface area (Å²) >= 11 is 0. The maximum Gasteiger partial charge on any atom is -0.0245 e. The Hall–Kier alpha value is -0.780. The third-order valence-electron chi connectivity index (χ3n) is 4.94. The fourth-order valence-corrected chi connectivity index (χ4v) is 3.92. The second-order valence-corrected chi connectivity index (χ2v) is 6.17. The van der Waals surface area contributed by atoms with Gasteiger partial charge in [0.1, 0.15) is 0 Å². The summed E-state index contributed by atoms with van der Waals surface area (Å²) in [6.45, 7) is 2.23. The van der Waals surface area contributed by atoms with E-state index in [1.807, 2.05) is 0 Å². The molecule has 2 aliphatic rings. The Balaban J connectivity index is 1.75. The molecule has 0 heteroatoms. The van der Waals surface area contributed by atoms with Crippen LogP contribution in [0.3, 0.4) is 0 Å². The van der Waals surface area contributed by atoms with E-state index in [-0.39, 0.29) is 0 Å². The first-order chi connectivity index (χ1) is 8.33. The Morgan fingerprint density at radius 3 is 2.53 bits per heavy atom. The molecule has 1 saturated carbocycles. The van der Waals surface area contributed by atoms with Crippen LogP contribution in [-0.2, 0) is 12.8 Å². The number of benzene rings is 1. The second kappa shape index (κ2) is 4.84. The third kappa shape index (κ3) is 2.41. The molecule has 0 spiro atoms. The van der Waals surface area contributed by atoms with Crippen molar-refractivity contribution in [3.63, 3.8) is 0 Å². The van der Waals surface area contributed by atoms with Gasteiger partial charge in [-0.3, -0.25) is 0 Å². The molecule has 92 valence electrons. The SMILES string of the molecule is Cc1ccc2c(c1)CC(C1CCCCC1)CC2. The van der Waals surface area contributed by atoms with Gasteiger partial charge in [-0.25, -0.2) is 0 Å². The standard InChI is InChI=1S/C17H24/c1-13-7-8-15-9-10-16(12-17(15)11-13)14-5-3-2-4-6-14/h7-8,11,14,16H,2-6,9-10,12H2,1H3.